The number of rotatable bonds is 1. The molecule has 0 saturated heterocycles. The monoisotopic (exact) mass is 303 g/mol. The molecule has 0 aromatic heterocycles. The summed E-state index contributed by atoms with van der Waals surface area (Å²) in [4.78, 5) is 23.0. The highest BCUT2D eigenvalue weighted by molar-refractivity contribution is 9.10. The van der Waals surface area contributed by atoms with Crippen molar-refractivity contribution in [3.8, 4) is 0 Å². The van der Waals surface area contributed by atoms with Crippen molar-refractivity contribution >= 4 is 45.1 Å². The zero-order valence-electron chi connectivity index (χ0n) is 8.21. The highest BCUT2D eigenvalue weighted by Crippen LogP contribution is 2.38. The van der Waals surface area contributed by atoms with E-state index in [1.54, 1.807) is 12.1 Å². The molecule has 0 spiro atoms. The average Bonchev–Trinajstić information content (AvgIpc) is 2.54. The minimum atomic E-state index is -0.909. The van der Waals surface area contributed by atoms with Crippen molar-refractivity contribution in [1.82, 2.24) is 0 Å². The summed E-state index contributed by atoms with van der Waals surface area (Å²) in [6, 6.07) is 3.25. The van der Waals surface area contributed by atoms with Crippen LogP contribution in [0.5, 0.6) is 0 Å². The first-order chi connectivity index (χ1) is 7.54. The Morgan fingerprint density at radius 1 is 1.56 bits per heavy atom. The number of benzene rings is 1. The van der Waals surface area contributed by atoms with Crippen LogP contribution in [0.25, 0.3) is 0 Å². The Balaban J connectivity index is 2.52. The van der Waals surface area contributed by atoms with E-state index in [2.05, 4.69) is 26.0 Å². The van der Waals surface area contributed by atoms with Crippen LogP contribution in [0.3, 0.4) is 0 Å². The quantitative estimate of drug-likeness (QED) is 0.640. The Bertz CT molecular complexity index is 489. The maximum atomic E-state index is 11.6. The summed E-state index contributed by atoms with van der Waals surface area (Å²) in [6.45, 7) is 0. The van der Waals surface area contributed by atoms with E-state index < -0.39 is 17.8 Å². The number of halogens is 2. The molecule has 6 heteroatoms. The third-order valence-corrected chi connectivity index (χ3v) is 3.56. The number of nitrogens with one attached hydrogen (secondary N) is 1. The molecule has 0 aliphatic carbocycles. The van der Waals surface area contributed by atoms with E-state index >= 15 is 0 Å². The van der Waals surface area contributed by atoms with E-state index in [0.29, 0.717) is 20.7 Å². The van der Waals surface area contributed by atoms with E-state index in [1.165, 1.54) is 7.11 Å². The Hall–Kier alpha value is -1.07. The van der Waals surface area contributed by atoms with Crippen LogP contribution in [0.15, 0.2) is 16.6 Å². The SMILES string of the molecule is COC(=O)C1C(=O)Nc2cc(Cl)c(Br)cc21. The highest BCUT2D eigenvalue weighted by atomic mass is 79.9. The lowest BCUT2D eigenvalue weighted by Crippen LogP contribution is -2.21. The summed E-state index contributed by atoms with van der Waals surface area (Å²) in [5.41, 5.74) is 1.13. The first kappa shape index (κ1) is 11.4. The molecule has 1 N–H and O–H groups in total. The number of hydrogen-bond donors (Lipinski definition) is 1. The second kappa shape index (κ2) is 4.07. The molecular formula is C10H7BrClNO3. The lowest BCUT2D eigenvalue weighted by molar-refractivity contribution is -0.144. The van der Waals surface area contributed by atoms with E-state index in [0.717, 1.165) is 0 Å². The highest BCUT2D eigenvalue weighted by Gasteiger charge is 2.37. The van der Waals surface area contributed by atoms with Crippen molar-refractivity contribution in [1.29, 1.82) is 0 Å². The van der Waals surface area contributed by atoms with Gasteiger partial charge in [-0.2, -0.15) is 0 Å². The van der Waals surface area contributed by atoms with Gasteiger partial charge in [0.25, 0.3) is 0 Å². The Kier molecular flexibility index (Phi) is 2.90. The van der Waals surface area contributed by atoms with Crippen LogP contribution in [0.2, 0.25) is 5.02 Å². The fourth-order valence-electron chi connectivity index (χ4n) is 1.61. The molecule has 1 aromatic carbocycles. The number of fused-ring (bicyclic) bond motifs is 1. The second-order valence-corrected chi connectivity index (χ2v) is 4.56. The summed E-state index contributed by atoms with van der Waals surface area (Å²) in [5, 5.41) is 3.06. The molecule has 1 aliphatic rings. The predicted octanol–water partition coefficient (Wildman–Crippen LogP) is 2.31. The number of anilines is 1. The van der Waals surface area contributed by atoms with Crippen molar-refractivity contribution in [2.75, 3.05) is 12.4 Å². The maximum Gasteiger partial charge on any atom is 0.322 e. The standard InChI is InChI=1S/C10H7BrClNO3/c1-16-10(15)8-4-2-5(11)6(12)3-7(4)13-9(8)14/h2-3,8H,1H3,(H,13,14). The van der Waals surface area contributed by atoms with Gasteiger partial charge in [-0.05, 0) is 28.1 Å². The minimum Gasteiger partial charge on any atom is -0.468 e. The Labute approximate surface area is 105 Å². The number of hydrogen-bond acceptors (Lipinski definition) is 3. The number of amides is 1. The van der Waals surface area contributed by atoms with Crippen LogP contribution in [0.1, 0.15) is 11.5 Å². The van der Waals surface area contributed by atoms with Gasteiger partial charge in [0, 0.05) is 15.7 Å². The van der Waals surface area contributed by atoms with Gasteiger partial charge in [-0.15, -0.1) is 0 Å². The number of carbonyl (C=O) groups excluding carboxylic acids is 2. The predicted molar refractivity (Wildman–Crippen MR) is 62.5 cm³/mol. The molecule has 0 fully saturated rings. The summed E-state index contributed by atoms with van der Waals surface area (Å²) < 4.78 is 5.22. The molecule has 1 unspecified atom stereocenters. The zero-order chi connectivity index (χ0) is 11.9. The molecule has 0 saturated carbocycles. The summed E-state index contributed by atoms with van der Waals surface area (Å²) in [5.74, 6) is -1.88. The second-order valence-electron chi connectivity index (χ2n) is 3.30. The minimum absolute atomic E-state index is 0.393. The van der Waals surface area contributed by atoms with E-state index in [1.807, 2.05) is 0 Å². The Morgan fingerprint density at radius 3 is 2.88 bits per heavy atom. The molecule has 16 heavy (non-hydrogen) atoms. The van der Waals surface area contributed by atoms with Crippen LogP contribution in [0, 0.1) is 0 Å². The first-order valence-corrected chi connectivity index (χ1v) is 5.59. The molecule has 2 rings (SSSR count). The number of carbonyl (C=O) groups is 2. The van der Waals surface area contributed by atoms with Crippen molar-refractivity contribution < 1.29 is 14.3 Å². The first-order valence-electron chi connectivity index (χ1n) is 4.42. The van der Waals surface area contributed by atoms with Gasteiger partial charge in [0.05, 0.1) is 12.1 Å². The van der Waals surface area contributed by atoms with E-state index in [9.17, 15) is 9.59 Å². The molecular weight excluding hydrogens is 297 g/mol. The van der Waals surface area contributed by atoms with Crippen molar-refractivity contribution in [3.05, 3.63) is 27.2 Å². The van der Waals surface area contributed by atoms with Gasteiger partial charge < -0.3 is 10.1 Å². The third kappa shape index (κ3) is 1.70. The van der Waals surface area contributed by atoms with Crippen molar-refractivity contribution in [2.45, 2.75) is 5.92 Å². The van der Waals surface area contributed by atoms with Gasteiger partial charge in [-0.1, -0.05) is 11.6 Å². The topological polar surface area (TPSA) is 55.4 Å². The van der Waals surface area contributed by atoms with Gasteiger partial charge in [0.2, 0.25) is 5.91 Å². The fraction of sp³-hybridized carbons (Fsp3) is 0.200. The third-order valence-electron chi connectivity index (χ3n) is 2.36. The lowest BCUT2D eigenvalue weighted by atomic mass is 10.0. The smallest absolute Gasteiger partial charge is 0.322 e. The van der Waals surface area contributed by atoms with Gasteiger partial charge >= 0.3 is 5.97 Å². The van der Waals surface area contributed by atoms with Crippen LogP contribution in [0.4, 0.5) is 5.69 Å². The molecule has 1 heterocycles. The largest absolute Gasteiger partial charge is 0.468 e. The van der Waals surface area contributed by atoms with Gasteiger partial charge in [0.1, 0.15) is 0 Å². The van der Waals surface area contributed by atoms with Gasteiger partial charge in [-0.3, -0.25) is 9.59 Å². The van der Waals surface area contributed by atoms with Crippen LogP contribution < -0.4 is 5.32 Å². The summed E-state index contributed by atoms with van der Waals surface area (Å²) >= 11 is 9.13. The van der Waals surface area contributed by atoms with Crippen molar-refractivity contribution in [3.63, 3.8) is 0 Å². The number of esters is 1. The van der Waals surface area contributed by atoms with Crippen LogP contribution in [-0.4, -0.2) is 19.0 Å². The van der Waals surface area contributed by atoms with Crippen LogP contribution >= 0.6 is 27.5 Å². The molecule has 1 aromatic rings. The fourth-order valence-corrected chi connectivity index (χ4v) is 2.13. The zero-order valence-corrected chi connectivity index (χ0v) is 10.6. The molecule has 4 nitrogen and oxygen atoms in total. The molecule has 84 valence electrons. The molecule has 0 radical (unpaired) electrons. The average molecular weight is 305 g/mol. The number of methoxy groups -OCH3 is 1. The molecule has 1 amide bonds. The maximum absolute atomic E-state index is 11.6. The lowest BCUT2D eigenvalue weighted by Gasteiger charge is -2.06. The van der Waals surface area contributed by atoms with Gasteiger partial charge in [0.15, 0.2) is 5.92 Å². The van der Waals surface area contributed by atoms with Crippen LogP contribution in [-0.2, 0) is 14.3 Å². The number of ether oxygens (including phenoxy) is 1. The molecule has 1 atom stereocenters. The summed E-state index contributed by atoms with van der Waals surface area (Å²) in [7, 11) is 1.25. The van der Waals surface area contributed by atoms with E-state index in [4.69, 9.17) is 11.6 Å². The van der Waals surface area contributed by atoms with Crippen molar-refractivity contribution in [2.24, 2.45) is 0 Å². The Morgan fingerprint density at radius 2 is 2.25 bits per heavy atom. The normalized spacial score (nSPS) is 17.9. The van der Waals surface area contributed by atoms with E-state index in [-0.39, 0.29) is 0 Å². The molecule has 1 aliphatic heterocycles. The molecule has 0 bridgehead atoms. The summed E-state index contributed by atoms with van der Waals surface area (Å²) in [6.07, 6.45) is 0. The van der Waals surface area contributed by atoms with Gasteiger partial charge in [-0.25, -0.2) is 0 Å².